The van der Waals surface area contributed by atoms with E-state index < -0.39 is 0 Å². The summed E-state index contributed by atoms with van der Waals surface area (Å²) in [6, 6.07) is 3.64. The van der Waals surface area contributed by atoms with Crippen LogP contribution < -0.4 is 10.6 Å². The van der Waals surface area contributed by atoms with Crippen molar-refractivity contribution in [2.24, 2.45) is 0 Å². The predicted octanol–water partition coefficient (Wildman–Crippen LogP) is 2.37. The summed E-state index contributed by atoms with van der Waals surface area (Å²) in [5, 5.41) is 5.97. The standard InChI is InChI=1S/C16H25N3O2/c1-3-13-10-12(11-15(17-2)19-13)16(20)18-8-7-14-6-4-5-9-21-14/h10-11,14H,3-9H2,1-2H3,(H,17,19)(H,18,20). The van der Waals surface area contributed by atoms with Gasteiger partial charge in [-0.2, -0.15) is 0 Å². The zero-order chi connectivity index (χ0) is 15.1. The summed E-state index contributed by atoms with van der Waals surface area (Å²) in [6.45, 7) is 3.54. The number of pyridine rings is 1. The number of nitrogens with zero attached hydrogens (tertiary/aromatic N) is 1. The molecule has 0 aliphatic carbocycles. The summed E-state index contributed by atoms with van der Waals surface area (Å²) in [5.41, 5.74) is 1.58. The molecule has 1 aromatic heterocycles. The monoisotopic (exact) mass is 291 g/mol. The van der Waals surface area contributed by atoms with E-state index in [1.54, 1.807) is 6.07 Å². The Balaban J connectivity index is 1.87. The van der Waals surface area contributed by atoms with Crippen molar-refractivity contribution in [2.75, 3.05) is 25.5 Å². The number of ether oxygens (including phenoxy) is 1. The lowest BCUT2D eigenvalue weighted by molar-refractivity contribution is 0.0117. The van der Waals surface area contributed by atoms with E-state index in [4.69, 9.17) is 4.74 Å². The summed E-state index contributed by atoms with van der Waals surface area (Å²) < 4.78 is 5.67. The first-order valence-electron chi connectivity index (χ1n) is 7.81. The van der Waals surface area contributed by atoms with Crippen LogP contribution in [0.25, 0.3) is 0 Å². The molecule has 0 saturated carbocycles. The van der Waals surface area contributed by atoms with Crippen LogP contribution in [-0.2, 0) is 11.2 Å². The highest BCUT2D eigenvalue weighted by atomic mass is 16.5. The molecule has 2 heterocycles. The molecule has 1 aromatic rings. The highest BCUT2D eigenvalue weighted by Crippen LogP contribution is 2.15. The number of amides is 1. The highest BCUT2D eigenvalue weighted by Gasteiger charge is 2.14. The Bertz CT molecular complexity index is 448. The van der Waals surface area contributed by atoms with Crippen LogP contribution in [0.5, 0.6) is 0 Å². The minimum atomic E-state index is -0.0422. The van der Waals surface area contributed by atoms with Gasteiger partial charge in [0.15, 0.2) is 0 Å². The number of aryl methyl sites for hydroxylation is 1. The largest absolute Gasteiger partial charge is 0.378 e. The van der Waals surface area contributed by atoms with Crippen molar-refractivity contribution in [1.82, 2.24) is 10.3 Å². The van der Waals surface area contributed by atoms with Gasteiger partial charge in [-0.25, -0.2) is 4.98 Å². The number of nitrogens with one attached hydrogen (secondary N) is 2. The molecule has 5 heteroatoms. The van der Waals surface area contributed by atoms with Crippen LogP contribution >= 0.6 is 0 Å². The lowest BCUT2D eigenvalue weighted by Crippen LogP contribution is -2.29. The highest BCUT2D eigenvalue weighted by molar-refractivity contribution is 5.95. The van der Waals surface area contributed by atoms with Crippen molar-refractivity contribution < 1.29 is 9.53 Å². The van der Waals surface area contributed by atoms with E-state index in [9.17, 15) is 4.79 Å². The smallest absolute Gasteiger partial charge is 0.251 e. The molecule has 1 aliphatic rings. The van der Waals surface area contributed by atoms with E-state index in [1.165, 1.54) is 6.42 Å². The fourth-order valence-corrected chi connectivity index (χ4v) is 2.51. The van der Waals surface area contributed by atoms with Crippen LogP contribution in [0.2, 0.25) is 0 Å². The molecule has 2 rings (SSSR count). The average molecular weight is 291 g/mol. The van der Waals surface area contributed by atoms with Crippen LogP contribution in [0.15, 0.2) is 12.1 Å². The second-order valence-corrected chi connectivity index (χ2v) is 5.37. The second-order valence-electron chi connectivity index (χ2n) is 5.37. The van der Waals surface area contributed by atoms with Crippen molar-refractivity contribution in [3.63, 3.8) is 0 Å². The minimum absolute atomic E-state index is 0.0422. The van der Waals surface area contributed by atoms with Crippen LogP contribution in [0.3, 0.4) is 0 Å². The first-order chi connectivity index (χ1) is 10.2. The first-order valence-corrected chi connectivity index (χ1v) is 7.81. The molecule has 1 aliphatic heterocycles. The summed E-state index contributed by atoms with van der Waals surface area (Å²) in [5.74, 6) is 0.689. The van der Waals surface area contributed by atoms with Gasteiger partial charge in [0.25, 0.3) is 5.91 Å². The van der Waals surface area contributed by atoms with Crippen molar-refractivity contribution in [1.29, 1.82) is 0 Å². The summed E-state index contributed by atoms with van der Waals surface area (Å²) in [6.07, 6.45) is 5.49. The summed E-state index contributed by atoms with van der Waals surface area (Å²) in [7, 11) is 1.81. The SMILES string of the molecule is CCc1cc(C(=O)NCCC2CCCCO2)cc(NC)n1. The van der Waals surface area contributed by atoms with Gasteiger partial charge in [0, 0.05) is 31.5 Å². The molecular formula is C16H25N3O2. The van der Waals surface area contributed by atoms with Crippen molar-refractivity contribution in [3.05, 3.63) is 23.4 Å². The van der Waals surface area contributed by atoms with E-state index in [0.29, 0.717) is 18.2 Å². The van der Waals surface area contributed by atoms with E-state index in [2.05, 4.69) is 15.6 Å². The summed E-state index contributed by atoms with van der Waals surface area (Å²) in [4.78, 5) is 16.6. The lowest BCUT2D eigenvalue weighted by atomic mass is 10.1. The normalized spacial score (nSPS) is 18.3. The zero-order valence-electron chi connectivity index (χ0n) is 12.9. The van der Waals surface area contributed by atoms with Gasteiger partial charge in [-0.3, -0.25) is 4.79 Å². The molecule has 0 radical (unpaired) electrons. The number of carbonyl (C=O) groups excluding carboxylic acids is 1. The minimum Gasteiger partial charge on any atom is -0.378 e. The molecule has 2 N–H and O–H groups in total. The van der Waals surface area contributed by atoms with Gasteiger partial charge in [0.2, 0.25) is 0 Å². The number of hydrogen-bond acceptors (Lipinski definition) is 4. The molecule has 116 valence electrons. The maximum atomic E-state index is 12.2. The second kappa shape index (κ2) is 7.98. The maximum Gasteiger partial charge on any atom is 0.251 e. The van der Waals surface area contributed by atoms with Crippen LogP contribution in [0.1, 0.15) is 48.7 Å². The van der Waals surface area contributed by atoms with Crippen LogP contribution in [0.4, 0.5) is 5.82 Å². The molecule has 5 nitrogen and oxygen atoms in total. The van der Waals surface area contributed by atoms with Crippen molar-refractivity contribution in [2.45, 2.75) is 45.1 Å². The van der Waals surface area contributed by atoms with Crippen LogP contribution in [-0.4, -0.2) is 37.2 Å². The number of rotatable bonds is 6. The topological polar surface area (TPSA) is 63.2 Å². The molecule has 0 bridgehead atoms. The van der Waals surface area contributed by atoms with Gasteiger partial charge in [0.1, 0.15) is 5.82 Å². The third-order valence-electron chi connectivity index (χ3n) is 3.78. The third kappa shape index (κ3) is 4.70. The zero-order valence-corrected chi connectivity index (χ0v) is 12.9. The molecule has 1 fully saturated rings. The quantitative estimate of drug-likeness (QED) is 0.844. The van der Waals surface area contributed by atoms with Crippen molar-refractivity contribution in [3.8, 4) is 0 Å². The Morgan fingerprint density at radius 2 is 2.29 bits per heavy atom. The molecule has 0 spiro atoms. The van der Waals surface area contributed by atoms with Gasteiger partial charge < -0.3 is 15.4 Å². The Labute approximate surface area is 126 Å². The molecule has 0 aromatic carbocycles. The first kappa shape index (κ1) is 15.8. The number of hydrogen-bond donors (Lipinski definition) is 2. The number of anilines is 1. The Kier molecular flexibility index (Phi) is 5.99. The van der Waals surface area contributed by atoms with E-state index in [0.717, 1.165) is 43.8 Å². The molecule has 1 amide bonds. The van der Waals surface area contributed by atoms with E-state index in [-0.39, 0.29) is 5.91 Å². The van der Waals surface area contributed by atoms with Crippen molar-refractivity contribution >= 4 is 11.7 Å². The Morgan fingerprint density at radius 1 is 1.43 bits per heavy atom. The third-order valence-corrected chi connectivity index (χ3v) is 3.78. The van der Waals surface area contributed by atoms with Gasteiger partial charge in [0.05, 0.1) is 6.10 Å². The lowest BCUT2D eigenvalue weighted by Gasteiger charge is -2.22. The Hall–Kier alpha value is -1.62. The average Bonchev–Trinajstić information content (AvgIpc) is 2.55. The molecule has 1 unspecified atom stereocenters. The van der Waals surface area contributed by atoms with Gasteiger partial charge >= 0.3 is 0 Å². The number of aromatic nitrogens is 1. The van der Waals surface area contributed by atoms with E-state index in [1.807, 2.05) is 20.0 Å². The molecule has 1 atom stereocenters. The van der Waals surface area contributed by atoms with Crippen LogP contribution in [0, 0.1) is 0 Å². The van der Waals surface area contributed by atoms with E-state index >= 15 is 0 Å². The van der Waals surface area contributed by atoms with Gasteiger partial charge in [-0.15, -0.1) is 0 Å². The molecular weight excluding hydrogens is 266 g/mol. The maximum absolute atomic E-state index is 12.2. The summed E-state index contributed by atoms with van der Waals surface area (Å²) >= 11 is 0. The molecule has 1 saturated heterocycles. The Morgan fingerprint density at radius 3 is 2.95 bits per heavy atom. The fourth-order valence-electron chi connectivity index (χ4n) is 2.51. The van der Waals surface area contributed by atoms with Gasteiger partial charge in [-0.1, -0.05) is 6.92 Å². The predicted molar refractivity (Wildman–Crippen MR) is 83.7 cm³/mol. The molecule has 21 heavy (non-hydrogen) atoms. The van der Waals surface area contributed by atoms with Gasteiger partial charge in [-0.05, 0) is 44.2 Å². The number of carbonyl (C=O) groups is 1. The fraction of sp³-hybridized carbons (Fsp3) is 0.625.